The van der Waals surface area contributed by atoms with Gasteiger partial charge in [0.1, 0.15) is 35.6 Å². The molecule has 4 aromatic rings. The molecule has 1 saturated heterocycles. The second-order valence-corrected chi connectivity index (χ2v) is 18.9. The van der Waals surface area contributed by atoms with Gasteiger partial charge in [0, 0.05) is 58.7 Å². The van der Waals surface area contributed by atoms with Crippen molar-refractivity contribution >= 4 is 58.6 Å². The van der Waals surface area contributed by atoms with Gasteiger partial charge in [0.05, 0.1) is 51.9 Å². The third-order valence-electron chi connectivity index (χ3n) is 12.4. The summed E-state index contributed by atoms with van der Waals surface area (Å²) in [6.07, 6.45) is -4.91. The van der Waals surface area contributed by atoms with Crippen LogP contribution in [0.1, 0.15) is 94.5 Å². The molecule has 0 bridgehead atoms. The van der Waals surface area contributed by atoms with Gasteiger partial charge in [-0.25, -0.2) is 0 Å². The molecule has 6 atom stereocenters. The molecule has 16 nitrogen and oxygen atoms in total. The first-order valence-electron chi connectivity index (χ1n) is 21.7. The number of phenols is 2. The number of ketones is 3. The number of Topliss-reactive ketones (excluding diaryl/α,β-unsaturated/α-hetero) is 1. The lowest BCUT2D eigenvalue weighted by molar-refractivity contribution is -0.249. The van der Waals surface area contributed by atoms with E-state index in [9.17, 15) is 54.3 Å². The van der Waals surface area contributed by atoms with Crippen LogP contribution >= 0.6 is 23.5 Å². The fraction of sp³-hybridized carbons (Fsp3) is 0.347. The number of amides is 3. The Morgan fingerprint density at radius 3 is 2.07 bits per heavy atom. The molecule has 350 valence electrons. The number of fused-ring (bicyclic) bond motifs is 3. The molecular weight excluding hydrogens is 905 g/mol. The lowest BCUT2D eigenvalue weighted by atomic mass is 9.72. The van der Waals surface area contributed by atoms with Crippen LogP contribution in [-0.4, -0.2) is 116 Å². The van der Waals surface area contributed by atoms with E-state index >= 15 is 0 Å². The molecule has 1 fully saturated rings. The van der Waals surface area contributed by atoms with E-state index in [-0.39, 0.29) is 59.2 Å². The number of rotatable bonds is 16. The van der Waals surface area contributed by atoms with Crippen LogP contribution in [0.15, 0.2) is 98.5 Å². The summed E-state index contributed by atoms with van der Waals surface area (Å²) in [5.41, 5.74) is -4.11. The Bertz CT molecular complexity index is 2610. The predicted octanol–water partition coefficient (Wildman–Crippen LogP) is 4.88. The summed E-state index contributed by atoms with van der Waals surface area (Å²) in [5.74, 6) is -5.28. The predicted molar refractivity (Wildman–Crippen MR) is 243 cm³/mol. The monoisotopic (exact) mass is 952 g/mol. The number of hydrogen-bond acceptors (Lipinski definition) is 16. The van der Waals surface area contributed by atoms with Crippen molar-refractivity contribution in [1.82, 2.24) is 10.2 Å². The van der Waals surface area contributed by atoms with Crippen molar-refractivity contribution in [3.05, 3.63) is 122 Å². The number of ether oxygens (including phenoxy) is 3. The van der Waals surface area contributed by atoms with E-state index in [4.69, 9.17) is 14.2 Å². The fourth-order valence-corrected chi connectivity index (χ4v) is 11.1. The zero-order chi connectivity index (χ0) is 47.7. The minimum atomic E-state index is -2.36. The van der Waals surface area contributed by atoms with Crippen molar-refractivity contribution in [2.45, 2.75) is 97.9 Å². The molecule has 0 spiro atoms. The summed E-state index contributed by atoms with van der Waals surface area (Å²) >= 11 is 2.49. The summed E-state index contributed by atoms with van der Waals surface area (Å²) < 4.78 is 17.6. The van der Waals surface area contributed by atoms with Crippen molar-refractivity contribution < 1.29 is 68.5 Å². The topological polar surface area (TPSA) is 247 Å². The number of carbonyl (C=O) groups excluding carboxylic acids is 6. The molecule has 8 rings (SSSR count). The maximum atomic E-state index is 14.0. The van der Waals surface area contributed by atoms with Crippen LogP contribution in [0.2, 0.25) is 0 Å². The number of imide groups is 1. The average molecular weight is 953 g/mol. The van der Waals surface area contributed by atoms with Gasteiger partial charge < -0.3 is 45.1 Å². The molecule has 67 heavy (non-hydrogen) atoms. The van der Waals surface area contributed by atoms with E-state index in [1.807, 2.05) is 60.7 Å². The molecule has 6 N–H and O–H groups in total. The molecule has 4 aliphatic rings. The lowest BCUT2D eigenvalue weighted by Crippen LogP contribution is -2.55. The normalized spacial score (nSPS) is 23.5. The number of nitrogens with zero attached hydrogens (tertiary/aromatic N) is 1. The molecule has 0 unspecified atom stereocenters. The van der Waals surface area contributed by atoms with E-state index in [0.717, 1.165) is 9.79 Å². The van der Waals surface area contributed by atoms with Crippen LogP contribution in [0.4, 0.5) is 0 Å². The molecule has 0 saturated carbocycles. The Hall–Kier alpha value is -5.86. The molecule has 0 radical (unpaired) electrons. The number of phenolic OH excluding ortho intramolecular Hbond substituents is 2. The van der Waals surface area contributed by atoms with Gasteiger partial charge in [-0.1, -0.05) is 78.5 Å². The highest BCUT2D eigenvalue weighted by Crippen LogP contribution is 2.53. The number of carbonyl (C=O) groups is 6. The van der Waals surface area contributed by atoms with E-state index in [2.05, 4.69) is 5.32 Å². The largest absolute Gasteiger partial charge is 0.507 e. The van der Waals surface area contributed by atoms with Gasteiger partial charge in [-0.05, 0) is 50.1 Å². The lowest BCUT2D eigenvalue weighted by Gasteiger charge is -2.43. The maximum absolute atomic E-state index is 14.0. The Morgan fingerprint density at radius 1 is 0.836 bits per heavy atom. The van der Waals surface area contributed by atoms with Gasteiger partial charge in [-0.2, -0.15) is 0 Å². The SMILES string of the molecule is COc1cccc2c1C(=O)c1c(O)c3c(c(O)c1C2=O)C[C@@](O)(C(=O)CO)C[C@@H]3O[C@H]1C[C@H](NC(=O)CCCCCN2C(=O)C(Sc3ccccc3)=C(Sc3ccccc3)C2=O)[C@H](O)[C@H](C)O1. The molecular formula is C49H48N2O14S2. The van der Waals surface area contributed by atoms with Gasteiger partial charge in [-0.3, -0.25) is 33.7 Å². The summed E-state index contributed by atoms with van der Waals surface area (Å²) in [5, 5.41) is 58.9. The number of benzene rings is 4. The highest BCUT2D eigenvalue weighted by atomic mass is 32.2. The van der Waals surface area contributed by atoms with Crippen LogP contribution in [0, 0.1) is 0 Å². The summed E-state index contributed by atoms with van der Waals surface area (Å²) in [7, 11) is 1.31. The summed E-state index contributed by atoms with van der Waals surface area (Å²) in [6.45, 7) is 0.600. The van der Waals surface area contributed by atoms with Gasteiger partial charge in [0.15, 0.2) is 17.9 Å². The first kappa shape index (κ1) is 47.6. The minimum absolute atomic E-state index is 0.0412. The quantitative estimate of drug-likeness (QED) is 0.0438. The van der Waals surface area contributed by atoms with Crippen LogP contribution < -0.4 is 10.1 Å². The van der Waals surface area contributed by atoms with Crippen molar-refractivity contribution in [2.75, 3.05) is 20.3 Å². The van der Waals surface area contributed by atoms with E-state index in [1.54, 1.807) is 0 Å². The molecule has 0 aromatic heterocycles. The van der Waals surface area contributed by atoms with Crippen molar-refractivity contribution in [1.29, 1.82) is 0 Å². The van der Waals surface area contributed by atoms with Crippen molar-refractivity contribution in [3.63, 3.8) is 0 Å². The molecule has 18 heteroatoms. The second-order valence-electron chi connectivity index (χ2n) is 16.7. The number of thioether (sulfide) groups is 2. The molecule has 2 heterocycles. The van der Waals surface area contributed by atoms with Gasteiger partial charge in [0.2, 0.25) is 11.7 Å². The van der Waals surface area contributed by atoms with E-state index in [0.29, 0.717) is 29.1 Å². The summed E-state index contributed by atoms with van der Waals surface area (Å²) in [4.78, 5) is 85.1. The van der Waals surface area contributed by atoms with Gasteiger partial charge >= 0.3 is 0 Å². The van der Waals surface area contributed by atoms with Crippen LogP contribution in [0.5, 0.6) is 17.2 Å². The third-order valence-corrected chi connectivity index (χ3v) is 14.7. The zero-order valence-corrected chi connectivity index (χ0v) is 38.1. The molecule has 2 aliphatic heterocycles. The Labute approximate surface area is 393 Å². The number of aromatic hydroxyl groups is 2. The number of nitrogens with one attached hydrogen (secondary N) is 1. The first-order chi connectivity index (χ1) is 32.1. The Balaban J connectivity index is 0.926. The fourth-order valence-electron chi connectivity index (χ4n) is 9.00. The van der Waals surface area contributed by atoms with E-state index < -0.39 is 102 Å². The molecule has 3 amide bonds. The van der Waals surface area contributed by atoms with Crippen LogP contribution in [0.25, 0.3) is 0 Å². The average Bonchev–Trinajstić information content (AvgIpc) is 3.53. The second kappa shape index (κ2) is 19.8. The number of methoxy groups -OCH3 is 1. The summed E-state index contributed by atoms with van der Waals surface area (Å²) in [6, 6.07) is 22.0. The Morgan fingerprint density at radius 2 is 1.46 bits per heavy atom. The molecule has 2 aliphatic carbocycles. The van der Waals surface area contributed by atoms with Crippen molar-refractivity contribution in [3.8, 4) is 17.2 Å². The minimum Gasteiger partial charge on any atom is -0.507 e. The highest BCUT2D eigenvalue weighted by molar-refractivity contribution is 8.08. The van der Waals surface area contributed by atoms with Crippen LogP contribution in [-0.2, 0) is 35.1 Å². The standard InChI is InChI=1S/C49H48N2O14S2/c1-25-40(55)30(50-34(54)19-10-5-11-20-51-47(60)45(66-26-13-6-3-7-14-26)46(48(51)61)67-27-15-8-4-9-16-27)21-35(64-25)65-32-23-49(62,33(53)24-52)22-29-37(32)44(59)39-38(42(29)57)41(56)28-17-12-18-31(63-2)36(28)43(39)58/h3-4,6-9,12-18,25,30,32,35,40,52,55,57,59,62H,5,10-11,19-24H2,1-2H3,(H,50,54)/t25-,30-,32-,35-,40+,49-/m0/s1. The maximum Gasteiger partial charge on any atom is 0.268 e. The van der Waals surface area contributed by atoms with E-state index in [1.165, 1.54) is 60.7 Å². The number of aliphatic hydroxyl groups excluding tert-OH is 2. The smallest absolute Gasteiger partial charge is 0.268 e. The first-order valence-corrected chi connectivity index (χ1v) is 23.4. The number of aliphatic hydroxyl groups is 3. The zero-order valence-electron chi connectivity index (χ0n) is 36.4. The third kappa shape index (κ3) is 9.26. The highest BCUT2D eigenvalue weighted by Gasteiger charge is 2.50. The molecule has 4 aromatic carbocycles. The Kier molecular flexibility index (Phi) is 14.1. The van der Waals surface area contributed by atoms with Gasteiger partial charge in [0.25, 0.3) is 11.8 Å². The van der Waals surface area contributed by atoms with Gasteiger partial charge in [-0.15, -0.1) is 0 Å². The van der Waals surface area contributed by atoms with Crippen molar-refractivity contribution in [2.24, 2.45) is 0 Å². The number of hydrogen-bond donors (Lipinski definition) is 6. The number of unbranched alkanes of at least 4 members (excludes halogenated alkanes) is 2. The van der Waals surface area contributed by atoms with Crippen LogP contribution in [0.3, 0.4) is 0 Å².